The maximum atomic E-state index is 9.70. The molecule has 0 aliphatic carbocycles. The van der Waals surface area contributed by atoms with E-state index in [1.54, 1.807) is 18.9 Å². The van der Waals surface area contributed by atoms with Crippen molar-refractivity contribution in [3.8, 4) is 0 Å². The van der Waals surface area contributed by atoms with Gasteiger partial charge in [0.05, 0.1) is 12.0 Å². The molecule has 1 aliphatic rings. The van der Waals surface area contributed by atoms with Crippen molar-refractivity contribution in [2.45, 2.75) is 24.9 Å². The Kier molecular flexibility index (Phi) is 4.20. The molecule has 2 rings (SSSR count). The average Bonchev–Trinajstić information content (AvgIpc) is 2.87. The predicted molar refractivity (Wildman–Crippen MR) is 60.6 cm³/mol. The molecule has 0 bridgehead atoms. The van der Waals surface area contributed by atoms with Crippen LogP contribution in [0.2, 0.25) is 0 Å². The molecular formula is C10H16N2O3S. The molecule has 1 saturated heterocycles. The van der Waals surface area contributed by atoms with E-state index in [0.717, 1.165) is 24.3 Å². The van der Waals surface area contributed by atoms with Crippen LogP contribution in [0.1, 0.15) is 24.1 Å². The summed E-state index contributed by atoms with van der Waals surface area (Å²) in [7, 11) is 1.67. The fourth-order valence-electron chi connectivity index (χ4n) is 1.67. The summed E-state index contributed by atoms with van der Waals surface area (Å²) < 4.78 is 10.1. The van der Waals surface area contributed by atoms with Crippen molar-refractivity contribution in [3.63, 3.8) is 0 Å². The minimum absolute atomic E-state index is 0.00803. The van der Waals surface area contributed by atoms with Gasteiger partial charge in [-0.15, -0.1) is 0 Å². The van der Waals surface area contributed by atoms with Crippen molar-refractivity contribution >= 4 is 11.8 Å². The van der Waals surface area contributed by atoms with Gasteiger partial charge in [0.1, 0.15) is 0 Å². The third-order valence-corrected chi connectivity index (χ3v) is 3.77. The van der Waals surface area contributed by atoms with E-state index in [0.29, 0.717) is 18.3 Å². The Morgan fingerprint density at radius 2 is 2.44 bits per heavy atom. The number of ether oxygens (including phenoxy) is 1. The SMILES string of the molecule is COCCCc1noc(C2CSCC2O)n1. The second-order valence-electron chi connectivity index (χ2n) is 3.86. The van der Waals surface area contributed by atoms with Crippen LogP contribution in [0.25, 0.3) is 0 Å². The number of hydrogen-bond acceptors (Lipinski definition) is 6. The van der Waals surface area contributed by atoms with Crippen molar-refractivity contribution in [2.24, 2.45) is 0 Å². The van der Waals surface area contributed by atoms with Crippen LogP contribution < -0.4 is 0 Å². The van der Waals surface area contributed by atoms with Crippen LogP contribution in [0.4, 0.5) is 0 Å². The Morgan fingerprint density at radius 3 is 3.12 bits per heavy atom. The van der Waals surface area contributed by atoms with Gasteiger partial charge in [-0.1, -0.05) is 5.16 Å². The summed E-state index contributed by atoms with van der Waals surface area (Å²) in [5, 5.41) is 13.6. The van der Waals surface area contributed by atoms with E-state index in [4.69, 9.17) is 9.26 Å². The molecule has 2 atom stereocenters. The Balaban J connectivity index is 1.91. The molecule has 2 heterocycles. The van der Waals surface area contributed by atoms with Crippen LogP contribution in [0.15, 0.2) is 4.52 Å². The Morgan fingerprint density at radius 1 is 1.56 bits per heavy atom. The molecule has 0 spiro atoms. The molecule has 0 saturated carbocycles. The molecule has 90 valence electrons. The summed E-state index contributed by atoms with van der Waals surface area (Å²) in [6.07, 6.45) is 1.29. The van der Waals surface area contributed by atoms with Gasteiger partial charge in [-0.05, 0) is 6.42 Å². The Hall–Kier alpha value is -0.590. The molecule has 0 aromatic carbocycles. The Bertz CT molecular complexity index is 332. The van der Waals surface area contributed by atoms with E-state index >= 15 is 0 Å². The molecule has 1 aromatic heterocycles. The van der Waals surface area contributed by atoms with Gasteiger partial charge < -0.3 is 14.4 Å². The van der Waals surface area contributed by atoms with Gasteiger partial charge in [-0.25, -0.2) is 0 Å². The highest BCUT2D eigenvalue weighted by molar-refractivity contribution is 7.99. The zero-order valence-electron chi connectivity index (χ0n) is 9.26. The van der Waals surface area contributed by atoms with E-state index in [9.17, 15) is 5.11 Å². The van der Waals surface area contributed by atoms with Gasteiger partial charge >= 0.3 is 0 Å². The van der Waals surface area contributed by atoms with E-state index in [-0.39, 0.29) is 12.0 Å². The fourth-order valence-corrected chi connectivity index (χ4v) is 2.90. The number of aromatic nitrogens is 2. The number of aliphatic hydroxyl groups is 1. The number of methoxy groups -OCH3 is 1. The molecule has 16 heavy (non-hydrogen) atoms. The molecular weight excluding hydrogens is 228 g/mol. The highest BCUT2D eigenvalue weighted by Gasteiger charge is 2.31. The second-order valence-corrected chi connectivity index (χ2v) is 4.93. The Labute approximate surface area is 98.6 Å². The highest BCUT2D eigenvalue weighted by atomic mass is 32.2. The smallest absolute Gasteiger partial charge is 0.233 e. The third-order valence-electron chi connectivity index (χ3n) is 2.60. The lowest BCUT2D eigenvalue weighted by Gasteiger charge is -2.06. The zero-order valence-corrected chi connectivity index (χ0v) is 10.1. The number of aliphatic hydroxyl groups excluding tert-OH is 1. The highest BCUT2D eigenvalue weighted by Crippen LogP contribution is 2.31. The molecule has 2 unspecified atom stereocenters. The maximum Gasteiger partial charge on any atom is 0.233 e. The first-order chi connectivity index (χ1) is 7.81. The van der Waals surface area contributed by atoms with Gasteiger partial charge in [0.15, 0.2) is 5.82 Å². The van der Waals surface area contributed by atoms with Crippen molar-refractivity contribution in [1.82, 2.24) is 10.1 Å². The second kappa shape index (κ2) is 5.65. The first-order valence-electron chi connectivity index (χ1n) is 5.38. The summed E-state index contributed by atoms with van der Waals surface area (Å²) in [6, 6.07) is 0. The number of rotatable bonds is 5. The van der Waals surface area contributed by atoms with Gasteiger partial charge in [0, 0.05) is 31.6 Å². The fraction of sp³-hybridized carbons (Fsp3) is 0.800. The summed E-state index contributed by atoms with van der Waals surface area (Å²) in [6.45, 7) is 0.700. The number of hydrogen-bond donors (Lipinski definition) is 1. The third kappa shape index (κ3) is 2.75. The van der Waals surface area contributed by atoms with Crippen LogP contribution in [0.5, 0.6) is 0 Å². The van der Waals surface area contributed by atoms with Gasteiger partial charge in [-0.2, -0.15) is 16.7 Å². The normalized spacial score (nSPS) is 25.1. The number of thioether (sulfide) groups is 1. The molecule has 0 amide bonds. The average molecular weight is 244 g/mol. The summed E-state index contributed by atoms with van der Waals surface area (Å²) in [5.41, 5.74) is 0. The molecule has 5 nitrogen and oxygen atoms in total. The molecule has 1 aliphatic heterocycles. The molecule has 0 radical (unpaired) electrons. The first-order valence-corrected chi connectivity index (χ1v) is 6.54. The van der Waals surface area contributed by atoms with Crippen molar-refractivity contribution in [3.05, 3.63) is 11.7 Å². The van der Waals surface area contributed by atoms with E-state index in [2.05, 4.69) is 10.1 Å². The van der Waals surface area contributed by atoms with Crippen molar-refractivity contribution in [2.75, 3.05) is 25.2 Å². The molecule has 6 heteroatoms. The van der Waals surface area contributed by atoms with Gasteiger partial charge in [0.2, 0.25) is 5.89 Å². The zero-order chi connectivity index (χ0) is 11.4. The minimum Gasteiger partial charge on any atom is -0.391 e. The van der Waals surface area contributed by atoms with Gasteiger partial charge in [-0.3, -0.25) is 0 Å². The van der Waals surface area contributed by atoms with Crippen LogP contribution in [0.3, 0.4) is 0 Å². The van der Waals surface area contributed by atoms with Crippen molar-refractivity contribution in [1.29, 1.82) is 0 Å². The summed E-state index contributed by atoms with van der Waals surface area (Å²) in [4.78, 5) is 4.31. The molecule has 1 aromatic rings. The maximum absolute atomic E-state index is 9.70. The van der Waals surface area contributed by atoms with E-state index in [1.165, 1.54) is 0 Å². The van der Waals surface area contributed by atoms with Crippen LogP contribution >= 0.6 is 11.8 Å². The van der Waals surface area contributed by atoms with Crippen LogP contribution in [-0.2, 0) is 11.2 Å². The van der Waals surface area contributed by atoms with Crippen molar-refractivity contribution < 1.29 is 14.4 Å². The van der Waals surface area contributed by atoms with E-state index in [1.807, 2.05) is 0 Å². The standard InChI is InChI=1S/C10H16N2O3S/c1-14-4-2-3-9-11-10(15-12-9)7-5-16-6-8(7)13/h7-8,13H,2-6H2,1H3. The molecule has 1 fully saturated rings. The largest absolute Gasteiger partial charge is 0.391 e. The summed E-state index contributed by atoms with van der Waals surface area (Å²) in [5.74, 6) is 2.90. The van der Waals surface area contributed by atoms with Gasteiger partial charge in [0.25, 0.3) is 0 Å². The molecule has 1 N–H and O–H groups in total. The summed E-state index contributed by atoms with van der Waals surface area (Å²) >= 11 is 1.72. The lowest BCUT2D eigenvalue weighted by atomic mass is 10.1. The topological polar surface area (TPSA) is 68.4 Å². The van der Waals surface area contributed by atoms with Crippen LogP contribution in [-0.4, -0.2) is 46.6 Å². The minimum atomic E-state index is -0.350. The predicted octanol–water partition coefficient (Wildman–Crippen LogP) is 0.840. The first kappa shape index (κ1) is 11.9. The number of aryl methyl sites for hydroxylation is 1. The quantitative estimate of drug-likeness (QED) is 0.774. The van der Waals surface area contributed by atoms with E-state index < -0.39 is 0 Å². The lowest BCUT2D eigenvalue weighted by Crippen LogP contribution is -2.15. The number of nitrogens with zero attached hydrogens (tertiary/aromatic N) is 2. The monoisotopic (exact) mass is 244 g/mol. The lowest BCUT2D eigenvalue weighted by molar-refractivity contribution is 0.164. The van der Waals surface area contributed by atoms with Crippen LogP contribution in [0, 0.1) is 0 Å².